The van der Waals surface area contributed by atoms with Crippen LogP contribution in [-0.2, 0) is 37.2 Å². The lowest BCUT2D eigenvalue weighted by Gasteiger charge is -2.35. The van der Waals surface area contributed by atoms with Crippen LogP contribution in [0.2, 0.25) is 0 Å². The average Bonchev–Trinajstić information content (AvgIpc) is 3.78. The lowest BCUT2D eigenvalue weighted by Crippen LogP contribution is -2.43. The third kappa shape index (κ3) is 6.19. The summed E-state index contributed by atoms with van der Waals surface area (Å²) in [6.45, 7) is 6.57. The van der Waals surface area contributed by atoms with Crippen LogP contribution in [0.4, 0.5) is 20.3 Å². The Hall–Kier alpha value is -4.56. The summed E-state index contributed by atoms with van der Waals surface area (Å²) in [5.74, 6) is 0.990. The van der Waals surface area contributed by atoms with E-state index in [2.05, 4.69) is 25.1 Å². The molecule has 12 nitrogen and oxygen atoms in total. The van der Waals surface area contributed by atoms with E-state index in [1.807, 2.05) is 23.7 Å². The first-order valence-corrected chi connectivity index (χ1v) is 18.4. The Balaban J connectivity index is 1.19. The molecule has 52 heavy (non-hydrogen) atoms. The molecule has 2 fully saturated rings. The van der Waals surface area contributed by atoms with Gasteiger partial charge in [-0.2, -0.15) is 15.1 Å². The molecule has 6 heterocycles. The van der Waals surface area contributed by atoms with E-state index in [0.717, 1.165) is 65.0 Å². The maximum absolute atomic E-state index is 15.3. The third-order valence-electron chi connectivity index (χ3n) is 11.3. The number of fused-ring (bicyclic) bond motifs is 4. The first-order valence-electron chi connectivity index (χ1n) is 18.4. The van der Waals surface area contributed by atoms with E-state index in [1.54, 1.807) is 26.4 Å². The SMILES string of the molecule is CCc1c(F)ccc2cc(OCOC)cc(N3CCc4c(nc(OC[C@@]56CCCN5C[C@H](F)C6)nc4N4CCCn5ncc(C(=O)NC)c5C4)C3)c12. The lowest BCUT2D eigenvalue weighted by molar-refractivity contribution is 0.0512. The summed E-state index contributed by atoms with van der Waals surface area (Å²) in [7, 11) is 3.20. The van der Waals surface area contributed by atoms with Crippen LogP contribution < -0.4 is 24.6 Å². The number of rotatable bonds is 10. The molecule has 0 unspecified atom stereocenters. The van der Waals surface area contributed by atoms with Crippen molar-refractivity contribution in [3.63, 3.8) is 0 Å². The Morgan fingerprint density at radius 2 is 1.96 bits per heavy atom. The predicted molar refractivity (Wildman–Crippen MR) is 192 cm³/mol. The number of hydrogen-bond acceptors (Lipinski definition) is 10. The minimum Gasteiger partial charge on any atom is -0.467 e. The number of anilines is 2. The minimum atomic E-state index is -0.870. The number of methoxy groups -OCH3 is 1. The number of ether oxygens (including phenoxy) is 3. The van der Waals surface area contributed by atoms with Crippen molar-refractivity contribution in [2.75, 3.05) is 63.5 Å². The topological polar surface area (TPSA) is 110 Å². The van der Waals surface area contributed by atoms with Gasteiger partial charge >= 0.3 is 6.01 Å². The average molecular weight is 717 g/mol. The molecule has 2 atom stereocenters. The Morgan fingerprint density at radius 1 is 1.08 bits per heavy atom. The van der Waals surface area contributed by atoms with Gasteiger partial charge in [-0.25, -0.2) is 8.78 Å². The van der Waals surface area contributed by atoms with E-state index in [9.17, 15) is 9.18 Å². The normalized spacial score (nSPS) is 21.5. The van der Waals surface area contributed by atoms with Crippen molar-refractivity contribution in [3.8, 4) is 11.8 Å². The summed E-state index contributed by atoms with van der Waals surface area (Å²) in [5.41, 5.74) is 4.37. The van der Waals surface area contributed by atoms with E-state index < -0.39 is 6.17 Å². The van der Waals surface area contributed by atoms with Gasteiger partial charge in [0.2, 0.25) is 0 Å². The number of benzene rings is 2. The van der Waals surface area contributed by atoms with Crippen LogP contribution in [0.1, 0.15) is 65.5 Å². The first-order chi connectivity index (χ1) is 25.3. The molecule has 8 rings (SSSR count). The number of carbonyl (C=O) groups is 1. The number of carbonyl (C=O) groups excluding carboxylic acids is 1. The molecule has 2 aromatic carbocycles. The molecule has 4 aliphatic rings. The van der Waals surface area contributed by atoms with Gasteiger partial charge in [0.05, 0.1) is 41.8 Å². The summed E-state index contributed by atoms with van der Waals surface area (Å²) >= 11 is 0. The predicted octanol–water partition coefficient (Wildman–Crippen LogP) is 4.80. The highest BCUT2D eigenvalue weighted by Gasteiger charge is 2.49. The molecule has 1 N–H and O–H groups in total. The van der Waals surface area contributed by atoms with Crippen molar-refractivity contribution >= 4 is 28.2 Å². The van der Waals surface area contributed by atoms with Crippen molar-refractivity contribution in [2.45, 2.75) is 76.8 Å². The summed E-state index contributed by atoms with van der Waals surface area (Å²) in [5, 5.41) is 9.01. The number of aryl methyl sites for hydroxylation is 2. The second kappa shape index (κ2) is 14.1. The van der Waals surface area contributed by atoms with E-state index in [0.29, 0.717) is 82.0 Å². The Bertz CT molecular complexity index is 1990. The minimum absolute atomic E-state index is 0.0886. The standard InChI is InChI=1S/C38H46F2N8O4/c1-4-27-30(40)8-7-24-15-26(52-23-50-3)16-32(34(24)27)45-14-9-28-31(20-45)43-37(51-22-38-10-5-12-47(38)19-25(39)17-38)44-35(28)46-11-6-13-48-33(21-46)29(18-42-48)36(49)41-2/h7-8,15-16,18,25H,4-6,9-14,17,19-23H2,1-3H3,(H,41,49)/t25-,38+/m1/s1. The maximum atomic E-state index is 15.3. The second-order valence-electron chi connectivity index (χ2n) is 14.3. The summed E-state index contributed by atoms with van der Waals surface area (Å²) in [4.78, 5) is 29.6. The first kappa shape index (κ1) is 34.5. The Labute approximate surface area is 302 Å². The van der Waals surface area contributed by atoms with E-state index in [4.69, 9.17) is 24.2 Å². The molecule has 0 bridgehead atoms. The molecule has 2 saturated heterocycles. The molecule has 0 saturated carbocycles. The fraction of sp³-hybridized carbons (Fsp3) is 0.526. The van der Waals surface area contributed by atoms with E-state index in [-0.39, 0.29) is 30.1 Å². The fourth-order valence-corrected chi connectivity index (χ4v) is 8.78. The quantitative estimate of drug-likeness (QED) is 0.230. The molecule has 4 aliphatic heterocycles. The molecule has 14 heteroatoms. The molecule has 0 aliphatic carbocycles. The highest BCUT2D eigenvalue weighted by Crippen LogP contribution is 2.42. The van der Waals surface area contributed by atoms with Crippen LogP contribution in [0, 0.1) is 5.82 Å². The van der Waals surface area contributed by atoms with Crippen LogP contribution >= 0.6 is 0 Å². The number of halogens is 2. The zero-order chi connectivity index (χ0) is 36.0. The van der Waals surface area contributed by atoms with E-state index in [1.165, 1.54) is 6.07 Å². The monoisotopic (exact) mass is 716 g/mol. The van der Waals surface area contributed by atoms with Crippen molar-refractivity contribution in [1.82, 2.24) is 30.0 Å². The van der Waals surface area contributed by atoms with Crippen molar-refractivity contribution in [1.29, 1.82) is 0 Å². The number of nitrogens with one attached hydrogen (secondary N) is 1. The number of aromatic nitrogens is 4. The molecule has 276 valence electrons. The molecule has 0 radical (unpaired) electrons. The van der Waals surface area contributed by atoms with Gasteiger partial charge in [-0.05, 0) is 61.7 Å². The van der Waals surface area contributed by atoms with Gasteiger partial charge in [0.1, 0.15) is 30.2 Å². The number of hydrogen-bond donors (Lipinski definition) is 1. The highest BCUT2D eigenvalue weighted by atomic mass is 19.1. The lowest BCUT2D eigenvalue weighted by atomic mass is 9.95. The van der Waals surface area contributed by atoms with Crippen LogP contribution in [0.25, 0.3) is 10.8 Å². The number of alkyl halides is 1. The number of amides is 1. The molecule has 0 spiro atoms. The van der Waals surface area contributed by atoms with E-state index >= 15 is 4.39 Å². The highest BCUT2D eigenvalue weighted by molar-refractivity contribution is 5.98. The van der Waals surface area contributed by atoms with Gasteiger partial charge in [-0.15, -0.1) is 0 Å². The molecule has 1 amide bonds. The summed E-state index contributed by atoms with van der Waals surface area (Å²) in [6.07, 6.45) is 5.07. The molecule has 2 aromatic heterocycles. The van der Waals surface area contributed by atoms with Crippen molar-refractivity contribution in [2.24, 2.45) is 0 Å². The Morgan fingerprint density at radius 3 is 2.79 bits per heavy atom. The van der Waals surface area contributed by atoms with Crippen LogP contribution in [0.15, 0.2) is 30.5 Å². The summed E-state index contributed by atoms with van der Waals surface area (Å²) in [6, 6.07) is 7.45. The van der Waals surface area contributed by atoms with Gasteiger partial charge < -0.3 is 29.3 Å². The molecular formula is C38H46F2N8O4. The fourth-order valence-electron chi connectivity index (χ4n) is 8.78. The van der Waals surface area contributed by atoms with Crippen molar-refractivity contribution < 1.29 is 27.8 Å². The maximum Gasteiger partial charge on any atom is 0.318 e. The van der Waals surface area contributed by atoms with Crippen molar-refractivity contribution in [3.05, 3.63) is 64.4 Å². The largest absolute Gasteiger partial charge is 0.467 e. The summed E-state index contributed by atoms with van der Waals surface area (Å²) < 4.78 is 49.5. The van der Waals surface area contributed by atoms with Crippen LogP contribution in [-0.4, -0.2) is 96.0 Å². The third-order valence-corrected chi connectivity index (χ3v) is 11.3. The van der Waals surface area contributed by atoms with Gasteiger partial charge in [0.25, 0.3) is 5.91 Å². The zero-order valence-electron chi connectivity index (χ0n) is 30.1. The molecular weight excluding hydrogens is 670 g/mol. The van der Waals surface area contributed by atoms with Gasteiger partial charge in [0, 0.05) is 69.5 Å². The van der Waals surface area contributed by atoms with Gasteiger partial charge in [-0.3, -0.25) is 14.4 Å². The van der Waals surface area contributed by atoms with Crippen LogP contribution in [0.3, 0.4) is 0 Å². The second-order valence-corrected chi connectivity index (χ2v) is 14.3. The Kier molecular flexibility index (Phi) is 9.37. The van der Waals surface area contributed by atoms with Crippen LogP contribution in [0.5, 0.6) is 11.8 Å². The van der Waals surface area contributed by atoms with Gasteiger partial charge in [0.15, 0.2) is 6.79 Å². The van der Waals surface area contributed by atoms with Gasteiger partial charge in [-0.1, -0.05) is 13.0 Å². The molecule has 4 aromatic rings. The zero-order valence-corrected chi connectivity index (χ0v) is 30.1. The smallest absolute Gasteiger partial charge is 0.318 e. The number of nitrogens with zero attached hydrogens (tertiary/aromatic N) is 7.